The Labute approximate surface area is 210 Å². The molecule has 8 nitrogen and oxygen atoms in total. The molecule has 1 amide bonds. The zero-order chi connectivity index (χ0) is 25.4. The lowest BCUT2D eigenvalue weighted by Crippen LogP contribution is -2.42. The first-order valence-electron chi connectivity index (χ1n) is 12.5. The second-order valence-corrected chi connectivity index (χ2v) is 10.4. The van der Waals surface area contributed by atoms with Crippen molar-refractivity contribution in [2.75, 3.05) is 13.1 Å². The minimum atomic E-state index is -0.354. The second-order valence-electron chi connectivity index (χ2n) is 9.31. The molecule has 2 heterocycles. The number of hydrogen-bond acceptors (Lipinski definition) is 7. The average molecular weight is 502 g/mol. The van der Waals surface area contributed by atoms with E-state index in [1.807, 2.05) is 19.9 Å². The van der Waals surface area contributed by atoms with Crippen molar-refractivity contribution in [1.29, 1.82) is 0 Å². The SMILES string of the molecule is CCC(=O)OC(C)C.O=C(Cc1ccc(-c2cnc(C3CCCCC3)s2)c([N+](=O)[O-])c1)N1CCC1. The summed E-state index contributed by atoms with van der Waals surface area (Å²) in [6, 6.07) is 5.15. The van der Waals surface area contributed by atoms with Gasteiger partial charge in [-0.1, -0.05) is 32.3 Å². The Morgan fingerprint density at radius 1 is 1.20 bits per heavy atom. The number of esters is 1. The Kier molecular flexibility index (Phi) is 9.77. The molecule has 2 fully saturated rings. The molecule has 0 spiro atoms. The Bertz CT molecular complexity index is 1030. The normalized spacial score (nSPS) is 15.7. The molecule has 1 aromatic carbocycles. The number of carbonyl (C=O) groups excluding carboxylic acids is 2. The van der Waals surface area contributed by atoms with Crippen molar-refractivity contribution in [2.45, 2.75) is 84.2 Å². The molecule has 9 heteroatoms. The Morgan fingerprint density at radius 3 is 2.46 bits per heavy atom. The Balaban J connectivity index is 0.000000371. The van der Waals surface area contributed by atoms with Crippen LogP contribution in [0.25, 0.3) is 10.4 Å². The zero-order valence-corrected chi connectivity index (χ0v) is 21.6. The van der Waals surface area contributed by atoms with Crippen LogP contribution in [0.2, 0.25) is 0 Å². The molecule has 0 unspecified atom stereocenters. The maximum absolute atomic E-state index is 12.2. The molecule has 1 saturated carbocycles. The molecule has 2 aromatic rings. The summed E-state index contributed by atoms with van der Waals surface area (Å²) in [5, 5.41) is 12.7. The standard InChI is InChI=1S/C20H23N3O3S.C6H12O2/c24-19(22-9-4-10-22)12-14-7-8-16(17(11-14)23(25)26)18-13-21-20(27-18)15-5-2-1-3-6-15;1-4-6(7)8-5(2)3/h7-8,11,13,15H,1-6,9-10,12H2;5H,4H2,1-3H3. The molecular formula is C26H35N3O5S. The molecule has 0 bridgehead atoms. The average Bonchev–Trinajstić information content (AvgIpc) is 3.28. The van der Waals surface area contributed by atoms with Crippen molar-refractivity contribution in [1.82, 2.24) is 9.88 Å². The minimum absolute atomic E-state index is 0.0300. The smallest absolute Gasteiger partial charge is 0.305 e. The Morgan fingerprint density at radius 2 is 1.91 bits per heavy atom. The van der Waals surface area contributed by atoms with E-state index in [0.29, 0.717) is 23.5 Å². The van der Waals surface area contributed by atoms with Crippen LogP contribution >= 0.6 is 11.3 Å². The van der Waals surface area contributed by atoms with E-state index in [1.165, 1.54) is 19.3 Å². The molecular weight excluding hydrogens is 466 g/mol. The molecule has 1 aliphatic carbocycles. The highest BCUT2D eigenvalue weighted by atomic mass is 32.1. The van der Waals surface area contributed by atoms with Gasteiger partial charge >= 0.3 is 5.97 Å². The second kappa shape index (κ2) is 12.8. The largest absolute Gasteiger partial charge is 0.463 e. The number of benzene rings is 1. The van der Waals surface area contributed by atoms with Crippen molar-refractivity contribution in [2.24, 2.45) is 0 Å². The van der Waals surface area contributed by atoms with Gasteiger partial charge in [0.25, 0.3) is 5.69 Å². The zero-order valence-electron chi connectivity index (χ0n) is 20.8. The van der Waals surface area contributed by atoms with E-state index in [4.69, 9.17) is 4.74 Å². The van der Waals surface area contributed by atoms with Gasteiger partial charge in [0, 0.05) is 37.7 Å². The third kappa shape index (κ3) is 7.59. The van der Waals surface area contributed by atoms with Gasteiger partial charge in [0.15, 0.2) is 0 Å². The van der Waals surface area contributed by atoms with Crippen molar-refractivity contribution >= 4 is 28.9 Å². The molecule has 35 heavy (non-hydrogen) atoms. The number of nitrogens with zero attached hydrogens (tertiary/aromatic N) is 3. The summed E-state index contributed by atoms with van der Waals surface area (Å²) in [6.45, 7) is 7.06. The number of nitro benzene ring substituents is 1. The van der Waals surface area contributed by atoms with E-state index in [1.54, 1.807) is 41.5 Å². The number of aromatic nitrogens is 1. The van der Waals surface area contributed by atoms with Gasteiger partial charge in [0.2, 0.25) is 5.91 Å². The van der Waals surface area contributed by atoms with Crippen molar-refractivity contribution in [3.05, 3.63) is 45.1 Å². The van der Waals surface area contributed by atoms with Gasteiger partial charge < -0.3 is 9.64 Å². The molecule has 2 aliphatic rings. The van der Waals surface area contributed by atoms with Crippen LogP contribution in [0.1, 0.15) is 82.2 Å². The Hall–Kier alpha value is -2.81. The third-order valence-corrected chi connectivity index (χ3v) is 7.42. The number of carbonyl (C=O) groups is 2. The van der Waals surface area contributed by atoms with Crippen LogP contribution < -0.4 is 0 Å². The topological polar surface area (TPSA) is 103 Å². The summed E-state index contributed by atoms with van der Waals surface area (Å²) in [5.74, 6) is 0.408. The predicted molar refractivity (Wildman–Crippen MR) is 136 cm³/mol. The van der Waals surface area contributed by atoms with Gasteiger partial charge in [-0.3, -0.25) is 19.7 Å². The number of nitro groups is 1. The number of rotatable bonds is 7. The fourth-order valence-electron chi connectivity index (χ4n) is 4.20. The maximum atomic E-state index is 12.2. The van der Waals surface area contributed by atoms with Gasteiger partial charge in [-0.25, -0.2) is 4.98 Å². The molecule has 0 N–H and O–H groups in total. The lowest BCUT2D eigenvalue weighted by molar-refractivity contribution is -0.384. The summed E-state index contributed by atoms with van der Waals surface area (Å²) >= 11 is 1.57. The van der Waals surface area contributed by atoms with Gasteiger partial charge in [0.1, 0.15) is 0 Å². The van der Waals surface area contributed by atoms with Crippen LogP contribution in [0.3, 0.4) is 0 Å². The molecule has 1 saturated heterocycles. The van der Waals surface area contributed by atoms with Crippen LogP contribution in [-0.2, 0) is 20.7 Å². The van der Waals surface area contributed by atoms with E-state index in [-0.39, 0.29) is 35.0 Å². The highest BCUT2D eigenvalue weighted by molar-refractivity contribution is 7.15. The summed E-state index contributed by atoms with van der Waals surface area (Å²) < 4.78 is 4.76. The van der Waals surface area contributed by atoms with Crippen molar-refractivity contribution < 1.29 is 19.2 Å². The van der Waals surface area contributed by atoms with Crippen molar-refractivity contribution in [3.63, 3.8) is 0 Å². The van der Waals surface area contributed by atoms with E-state index in [2.05, 4.69) is 4.98 Å². The summed E-state index contributed by atoms with van der Waals surface area (Å²) in [7, 11) is 0. The number of hydrogen-bond donors (Lipinski definition) is 0. The summed E-state index contributed by atoms with van der Waals surface area (Å²) in [5.41, 5.74) is 1.35. The lowest BCUT2D eigenvalue weighted by Gasteiger charge is -2.30. The van der Waals surface area contributed by atoms with Crippen LogP contribution in [-0.4, -0.2) is 45.9 Å². The van der Waals surface area contributed by atoms with E-state index in [0.717, 1.165) is 42.2 Å². The number of thiazole rings is 1. The molecule has 0 radical (unpaired) electrons. The highest BCUT2D eigenvalue weighted by Crippen LogP contribution is 2.40. The van der Waals surface area contributed by atoms with Gasteiger partial charge in [-0.15, -0.1) is 11.3 Å². The molecule has 1 aliphatic heterocycles. The van der Waals surface area contributed by atoms with E-state index in [9.17, 15) is 19.7 Å². The monoisotopic (exact) mass is 501 g/mol. The van der Waals surface area contributed by atoms with Crippen molar-refractivity contribution in [3.8, 4) is 10.4 Å². The van der Waals surface area contributed by atoms with Crippen LogP contribution in [0.5, 0.6) is 0 Å². The number of ether oxygens (including phenoxy) is 1. The fraction of sp³-hybridized carbons (Fsp3) is 0.577. The number of amides is 1. The fourth-order valence-corrected chi connectivity index (χ4v) is 5.32. The van der Waals surface area contributed by atoms with Gasteiger partial charge in [0.05, 0.1) is 32.9 Å². The first-order valence-corrected chi connectivity index (χ1v) is 13.3. The van der Waals surface area contributed by atoms with E-state index >= 15 is 0 Å². The van der Waals surface area contributed by atoms with Crippen LogP contribution in [0, 0.1) is 10.1 Å². The lowest BCUT2D eigenvalue weighted by atomic mass is 9.90. The van der Waals surface area contributed by atoms with Crippen LogP contribution in [0.15, 0.2) is 24.4 Å². The van der Waals surface area contributed by atoms with Crippen LogP contribution in [0.4, 0.5) is 5.69 Å². The third-order valence-electron chi connectivity index (χ3n) is 6.22. The first kappa shape index (κ1) is 26.8. The molecule has 190 valence electrons. The summed E-state index contributed by atoms with van der Waals surface area (Å²) in [6.07, 6.45) is 9.61. The maximum Gasteiger partial charge on any atom is 0.305 e. The molecule has 4 rings (SSSR count). The number of likely N-dealkylation sites (tertiary alicyclic amines) is 1. The van der Waals surface area contributed by atoms with Gasteiger partial charge in [-0.2, -0.15) is 0 Å². The van der Waals surface area contributed by atoms with Gasteiger partial charge in [-0.05, 0) is 44.7 Å². The highest BCUT2D eigenvalue weighted by Gasteiger charge is 2.24. The minimum Gasteiger partial charge on any atom is -0.463 e. The van der Waals surface area contributed by atoms with E-state index < -0.39 is 0 Å². The predicted octanol–water partition coefficient (Wildman–Crippen LogP) is 5.89. The summed E-state index contributed by atoms with van der Waals surface area (Å²) in [4.78, 5) is 41.0. The quantitative estimate of drug-likeness (QED) is 0.266. The first-order chi connectivity index (χ1) is 16.8. The molecule has 1 aromatic heterocycles. The molecule has 0 atom stereocenters.